The van der Waals surface area contributed by atoms with Crippen LogP contribution in [-0.2, 0) is 0 Å². The van der Waals surface area contributed by atoms with Gasteiger partial charge in [0.25, 0.3) is 0 Å². The van der Waals surface area contributed by atoms with Crippen molar-refractivity contribution < 1.29 is 0 Å². The van der Waals surface area contributed by atoms with E-state index >= 15 is 0 Å². The lowest BCUT2D eigenvalue weighted by Crippen LogP contribution is -2.21. The number of benzene rings is 2. The van der Waals surface area contributed by atoms with Crippen LogP contribution in [0.1, 0.15) is 5.56 Å². The molecule has 0 unspecified atom stereocenters. The molecule has 3 rings (SSSR count). The van der Waals surface area contributed by atoms with Crippen LogP contribution in [0, 0.1) is 10.8 Å². The number of aromatic nitrogens is 1. The molecular formula is C16H17Cl2N5. The molecule has 0 radical (unpaired) electrons. The number of amidine groups is 1. The van der Waals surface area contributed by atoms with E-state index in [0.29, 0.717) is 5.56 Å². The number of nitrogens with two attached hydrogens (primary N) is 2. The van der Waals surface area contributed by atoms with Gasteiger partial charge in [-0.1, -0.05) is 42.5 Å². The maximum Gasteiger partial charge on any atom is 0.197 e. The highest BCUT2D eigenvalue weighted by molar-refractivity contribution is 6.03. The molecule has 0 fully saturated rings. The highest BCUT2D eigenvalue weighted by Gasteiger charge is 2.13. The van der Waals surface area contributed by atoms with Crippen LogP contribution in [0.25, 0.3) is 22.2 Å². The summed E-state index contributed by atoms with van der Waals surface area (Å²) in [6.07, 6.45) is 0. The van der Waals surface area contributed by atoms with Gasteiger partial charge < -0.3 is 11.5 Å². The molecule has 0 aliphatic heterocycles. The van der Waals surface area contributed by atoms with Crippen molar-refractivity contribution in [3.05, 3.63) is 60.2 Å². The van der Waals surface area contributed by atoms with E-state index in [0.717, 1.165) is 22.2 Å². The number of fused-ring (bicyclic) bond motifs is 1. The van der Waals surface area contributed by atoms with Gasteiger partial charge in [-0.3, -0.25) is 15.4 Å². The molecule has 23 heavy (non-hydrogen) atoms. The first-order chi connectivity index (χ1) is 10.1. The van der Waals surface area contributed by atoms with Crippen molar-refractivity contribution in [3.8, 4) is 11.3 Å². The number of nitrogens with one attached hydrogen (secondary N) is 2. The Bertz CT molecular complexity index is 856. The van der Waals surface area contributed by atoms with E-state index < -0.39 is 0 Å². The normalized spacial score (nSPS) is 9.74. The first-order valence-electron chi connectivity index (χ1n) is 6.47. The molecule has 1 aromatic heterocycles. The summed E-state index contributed by atoms with van der Waals surface area (Å²) in [5.41, 5.74) is 14.5. The van der Waals surface area contributed by atoms with Crippen LogP contribution in [0.15, 0.2) is 54.6 Å². The Morgan fingerprint density at radius 2 is 1.52 bits per heavy atom. The molecule has 120 valence electrons. The molecule has 0 saturated carbocycles. The summed E-state index contributed by atoms with van der Waals surface area (Å²) in [6, 6.07) is 17.2. The van der Waals surface area contributed by atoms with Crippen molar-refractivity contribution in [2.45, 2.75) is 0 Å². The average Bonchev–Trinajstić information content (AvgIpc) is 2.86. The topological polar surface area (TPSA) is 105 Å². The van der Waals surface area contributed by atoms with Gasteiger partial charge in [-0.05, 0) is 17.7 Å². The molecule has 1 heterocycles. The maximum atomic E-state index is 7.86. The van der Waals surface area contributed by atoms with Crippen LogP contribution in [0.2, 0.25) is 0 Å². The SMILES string of the molecule is Cl.Cl.N=C(N)c1ccc2cc(-c3ccccc3)n(C(=N)N)c2c1. The molecule has 0 spiro atoms. The summed E-state index contributed by atoms with van der Waals surface area (Å²) >= 11 is 0. The zero-order valence-electron chi connectivity index (χ0n) is 12.1. The average molecular weight is 350 g/mol. The van der Waals surface area contributed by atoms with Gasteiger partial charge in [-0.25, -0.2) is 0 Å². The lowest BCUT2D eigenvalue weighted by Gasteiger charge is -2.09. The van der Waals surface area contributed by atoms with Gasteiger partial charge in [0.05, 0.1) is 11.2 Å². The first kappa shape index (κ1) is 18.5. The quantitative estimate of drug-likeness (QED) is 0.421. The van der Waals surface area contributed by atoms with Crippen molar-refractivity contribution in [3.63, 3.8) is 0 Å². The van der Waals surface area contributed by atoms with Crippen LogP contribution >= 0.6 is 24.8 Å². The fourth-order valence-electron chi connectivity index (χ4n) is 2.45. The molecule has 0 bridgehead atoms. The minimum atomic E-state index is -0.0652. The van der Waals surface area contributed by atoms with Crippen LogP contribution < -0.4 is 11.5 Å². The third kappa shape index (κ3) is 3.31. The van der Waals surface area contributed by atoms with E-state index in [1.807, 2.05) is 42.5 Å². The van der Waals surface area contributed by atoms with Crippen molar-refractivity contribution in [2.75, 3.05) is 0 Å². The number of hydrogen-bond donors (Lipinski definition) is 4. The fourth-order valence-corrected chi connectivity index (χ4v) is 2.45. The summed E-state index contributed by atoms with van der Waals surface area (Å²) in [5.74, 6) is -0.0704. The van der Waals surface area contributed by atoms with Gasteiger partial charge in [0, 0.05) is 10.9 Å². The van der Waals surface area contributed by atoms with E-state index in [9.17, 15) is 0 Å². The Balaban J connectivity index is 0.00000132. The maximum absolute atomic E-state index is 7.86. The largest absolute Gasteiger partial charge is 0.384 e. The summed E-state index contributed by atoms with van der Waals surface area (Å²) < 4.78 is 1.66. The zero-order chi connectivity index (χ0) is 15.0. The first-order valence-corrected chi connectivity index (χ1v) is 6.47. The van der Waals surface area contributed by atoms with Gasteiger partial charge in [-0.2, -0.15) is 0 Å². The minimum absolute atomic E-state index is 0. The molecule has 6 N–H and O–H groups in total. The Labute approximate surface area is 146 Å². The molecule has 5 nitrogen and oxygen atoms in total. The molecule has 7 heteroatoms. The molecule has 0 saturated heterocycles. The molecule has 0 atom stereocenters. The zero-order valence-corrected chi connectivity index (χ0v) is 13.7. The van der Waals surface area contributed by atoms with E-state index in [1.165, 1.54) is 0 Å². The summed E-state index contributed by atoms with van der Waals surface area (Å²) in [4.78, 5) is 0. The van der Waals surface area contributed by atoms with Crippen molar-refractivity contribution in [1.29, 1.82) is 10.8 Å². The predicted octanol–water partition coefficient (Wildman–Crippen LogP) is 3.18. The second-order valence-corrected chi connectivity index (χ2v) is 4.80. The lowest BCUT2D eigenvalue weighted by atomic mass is 10.1. The van der Waals surface area contributed by atoms with Crippen LogP contribution in [-0.4, -0.2) is 16.4 Å². The molecule has 0 aliphatic carbocycles. The lowest BCUT2D eigenvalue weighted by molar-refractivity contribution is 1.15. The van der Waals surface area contributed by atoms with E-state index in [1.54, 1.807) is 16.7 Å². The third-order valence-corrected chi connectivity index (χ3v) is 3.43. The van der Waals surface area contributed by atoms with Crippen LogP contribution in [0.3, 0.4) is 0 Å². The van der Waals surface area contributed by atoms with Gasteiger partial charge in [0.15, 0.2) is 5.96 Å². The smallest absolute Gasteiger partial charge is 0.197 e. The van der Waals surface area contributed by atoms with E-state index in [4.69, 9.17) is 22.3 Å². The Morgan fingerprint density at radius 1 is 0.870 bits per heavy atom. The molecular weight excluding hydrogens is 333 g/mol. The summed E-state index contributed by atoms with van der Waals surface area (Å²) in [5, 5.41) is 16.4. The monoisotopic (exact) mass is 349 g/mol. The van der Waals surface area contributed by atoms with Gasteiger partial charge in [0.1, 0.15) is 5.84 Å². The van der Waals surface area contributed by atoms with Crippen molar-refractivity contribution >= 4 is 47.5 Å². The highest BCUT2D eigenvalue weighted by atomic mass is 35.5. The van der Waals surface area contributed by atoms with Gasteiger partial charge >= 0.3 is 0 Å². The van der Waals surface area contributed by atoms with Crippen LogP contribution in [0.4, 0.5) is 0 Å². The number of rotatable bonds is 2. The molecule has 0 aliphatic rings. The van der Waals surface area contributed by atoms with Gasteiger partial charge in [0.2, 0.25) is 0 Å². The second-order valence-electron chi connectivity index (χ2n) is 4.80. The van der Waals surface area contributed by atoms with Crippen molar-refractivity contribution in [2.24, 2.45) is 11.5 Å². The predicted molar refractivity (Wildman–Crippen MR) is 100 cm³/mol. The number of halogens is 2. The fraction of sp³-hybridized carbons (Fsp3) is 0. The molecule has 3 aromatic rings. The van der Waals surface area contributed by atoms with Crippen LogP contribution in [0.5, 0.6) is 0 Å². The third-order valence-electron chi connectivity index (χ3n) is 3.43. The summed E-state index contributed by atoms with van der Waals surface area (Å²) in [6.45, 7) is 0. The Kier molecular flexibility index (Phi) is 5.79. The molecule has 2 aromatic carbocycles. The van der Waals surface area contributed by atoms with E-state index in [2.05, 4.69) is 0 Å². The Hall–Kier alpha value is -2.50. The number of nitrogen functional groups attached to an aromatic ring is 2. The van der Waals surface area contributed by atoms with E-state index in [-0.39, 0.29) is 36.6 Å². The van der Waals surface area contributed by atoms with Crippen molar-refractivity contribution in [1.82, 2.24) is 4.57 Å². The second kappa shape index (κ2) is 7.17. The summed E-state index contributed by atoms with van der Waals surface area (Å²) in [7, 11) is 0. The minimum Gasteiger partial charge on any atom is -0.384 e. The Morgan fingerprint density at radius 3 is 2.09 bits per heavy atom. The highest BCUT2D eigenvalue weighted by Crippen LogP contribution is 2.28. The van der Waals surface area contributed by atoms with Gasteiger partial charge in [-0.15, -0.1) is 24.8 Å². The standard InChI is InChI=1S/C16H15N5.2ClH/c17-15(18)12-7-6-11-8-13(10-4-2-1-3-5-10)21(16(19)20)14(11)9-12;;/h1-9H,(H3,17,18)(H3,19,20);2*1H. The number of nitrogens with zero attached hydrogens (tertiary/aromatic N) is 1. The molecule has 0 amide bonds. The number of hydrogen-bond acceptors (Lipinski definition) is 2.